The number of carbonyl (C=O) groups is 1. The highest BCUT2D eigenvalue weighted by Gasteiger charge is 2.27. The summed E-state index contributed by atoms with van der Waals surface area (Å²) in [5.74, 6) is 1.72. The number of hydrogen-bond acceptors (Lipinski definition) is 4. The molecule has 5 rings (SSSR count). The Kier molecular flexibility index (Phi) is 4.31. The maximum atomic E-state index is 12.6. The fourth-order valence-electron chi connectivity index (χ4n) is 3.95. The van der Waals surface area contributed by atoms with E-state index in [-0.39, 0.29) is 24.2 Å². The molecule has 1 amide bonds. The topological polar surface area (TPSA) is 71.6 Å². The van der Waals surface area contributed by atoms with Gasteiger partial charge in [0.2, 0.25) is 12.7 Å². The lowest BCUT2D eigenvalue weighted by molar-refractivity contribution is -0.124. The number of fused-ring (bicyclic) bond motifs is 2. The van der Waals surface area contributed by atoms with Crippen LogP contribution in [0.1, 0.15) is 23.5 Å². The summed E-state index contributed by atoms with van der Waals surface area (Å²) in [5, 5.41) is 0.934. The number of rotatable bonds is 3. The molecule has 0 spiro atoms. The molecule has 1 atom stereocenters. The van der Waals surface area contributed by atoms with Gasteiger partial charge >= 0.3 is 0 Å². The number of nitrogens with one attached hydrogen (secondary N) is 1. The number of benzene rings is 2. The van der Waals surface area contributed by atoms with E-state index in [0.29, 0.717) is 18.7 Å². The molecule has 0 radical (unpaired) electrons. The summed E-state index contributed by atoms with van der Waals surface area (Å²) in [7, 11) is 0. The molecule has 0 saturated carbocycles. The average Bonchev–Trinajstić information content (AvgIpc) is 3.41. The quantitative estimate of drug-likeness (QED) is 0.699. The Bertz CT molecular complexity index is 1180. The van der Waals surface area contributed by atoms with Crippen LogP contribution in [0.4, 0.5) is 0 Å². The number of aromatic nitrogens is 1. The van der Waals surface area contributed by atoms with E-state index in [1.807, 2.05) is 47.4 Å². The predicted octanol–water partition coefficient (Wildman–Crippen LogP) is 3.29. The van der Waals surface area contributed by atoms with E-state index in [0.717, 1.165) is 34.4 Å². The van der Waals surface area contributed by atoms with Gasteiger partial charge in [-0.3, -0.25) is 9.59 Å². The van der Waals surface area contributed by atoms with Crippen LogP contribution < -0.4 is 15.0 Å². The number of likely N-dealkylation sites (tertiary alicyclic amines) is 1. The molecule has 29 heavy (non-hydrogen) atoms. The maximum absolute atomic E-state index is 12.6. The van der Waals surface area contributed by atoms with Crippen molar-refractivity contribution in [1.29, 1.82) is 0 Å². The zero-order valence-electron chi connectivity index (χ0n) is 15.8. The van der Waals surface area contributed by atoms with Gasteiger partial charge in [-0.05, 0) is 47.7 Å². The molecular formula is C23H20N2O4. The zero-order valence-corrected chi connectivity index (χ0v) is 15.8. The fraction of sp³-hybridized carbons (Fsp3) is 0.217. The fourth-order valence-corrected chi connectivity index (χ4v) is 3.95. The Morgan fingerprint density at radius 2 is 1.97 bits per heavy atom. The first-order valence-electron chi connectivity index (χ1n) is 9.66. The summed E-state index contributed by atoms with van der Waals surface area (Å²) in [6, 6.07) is 15.4. The van der Waals surface area contributed by atoms with E-state index in [9.17, 15) is 9.59 Å². The Hall–Kier alpha value is -3.54. The molecule has 2 aromatic carbocycles. The molecule has 2 aliphatic rings. The highest BCUT2D eigenvalue weighted by molar-refractivity contribution is 5.92. The van der Waals surface area contributed by atoms with Gasteiger partial charge in [0.25, 0.3) is 5.56 Å². The summed E-state index contributed by atoms with van der Waals surface area (Å²) in [6.07, 6.45) is 3.98. The number of hydrogen-bond donors (Lipinski definition) is 1. The Morgan fingerprint density at radius 1 is 1.10 bits per heavy atom. The largest absolute Gasteiger partial charge is 0.454 e. The molecule has 1 aromatic heterocycles. The zero-order chi connectivity index (χ0) is 19.8. The monoisotopic (exact) mass is 388 g/mol. The smallest absolute Gasteiger partial charge is 0.255 e. The number of nitrogens with zero attached hydrogens (tertiary/aromatic N) is 1. The van der Waals surface area contributed by atoms with Crippen molar-refractivity contribution < 1.29 is 14.3 Å². The summed E-state index contributed by atoms with van der Waals surface area (Å²) in [6.45, 7) is 1.60. The van der Waals surface area contributed by atoms with Gasteiger partial charge < -0.3 is 19.4 Å². The van der Waals surface area contributed by atoms with Crippen LogP contribution in [0.5, 0.6) is 11.5 Å². The van der Waals surface area contributed by atoms with Gasteiger partial charge in [0.15, 0.2) is 11.5 Å². The van der Waals surface area contributed by atoms with Crippen LogP contribution >= 0.6 is 0 Å². The van der Waals surface area contributed by atoms with Crippen LogP contribution in [0.15, 0.2) is 59.4 Å². The molecule has 1 fully saturated rings. The molecule has 6 nitrogen and oxygen atoms in total. The van der Waals surface area contributed by atoms with E-state index in [4.69, 9.17) is 9.47 Å². The van der Waals surface area contributed by atoms with Crippen LogP contribution in [-0.2, 0) is 4.79 Å². The highest BCUT2D eigenvalue weighted by Crippen LogP contribution is 2.37. The first-order valence-corrected chi connectivity index (χ1v) is 9.66. The molecule has 146 valence electrons. The van der Waals surface area contributed by atoms with E-state index < -0.39 is 0 Å². The van der Waals surface area contributed by atoms with E-state index in [2.05, 4.69) is 4.98 Å². The standard InChI is InChI=1S/C23H20N2O4/c26-22(8-6-17-11-16-3-1-2-4-19(16)24-23(17)27)25-10-9-18(13-25)15-5-7-20-21(12-15)29-14-28-20/h1-8,11-12,18H,9-10,13-14H2,(H,24,27)/b8-6+. The highest BCUT2D eigenvalue weighted by atomic mass is 16.7. The first kappa shape index (κ1) is 17.6. The van der Waals surface area contributed by atoms with Crippen molar-refractivity contribution in [2.24, 2.45) is 0 Å². The molecule has 3 aromatic rings. The molecule has 3 heterocycles. The van der Waals surface area contributed by atoms with Gasteiger partial charge in [0, 0.05) is 36.2 Å². The van der Waals surface area contributed by atoms with Gasteiger partial charge in [-0.25, -0.2) is 0 Å². The lowest BCUT2D eigenvalue weighted by Crippen LogP contribution is -2.26. The third-order valence-corrected chi connectivity index (χ3v) is 5.56. The molecule has 0 aliphatic carbocycles. The van der Waals surface area contributed by atoms with Crippen molar-refractivity contribution in [3.05, 3.63) is 76.1 Å². The third-order valence-electron chi connectivity index (χ3n) is 5.56. The SMILES string of the molecule is O=C(/C=C/c1cc2ccccc2[nH]c1=O)N1CCC(c2ccc3c(c2)OCO3)C1. The van der Waals surface area contributed by atoms with E-state index >= 15 is 0 Å². The minimum Gasteiger partial charge on any atom is -0.454 e. The van der Waals surface area contributed by atoms with Crippen molar-refractivity contribution in [3.8, 4) is 11.5 Å². The lowest BCUT2D eigenvalue weighted by atomic mass is 9.98. The molecule has 1 saturated heterocycles. The molecule has 1 unspecified atom stereocenters. The normalized spacial score (nSPS) is 18.1. The van der Waals surface area contributed by atoms with Crippen molar-refractivity contribution in [2.75, 3.05) is 19.9 Å². The summed E-state index contributed by atoms with van der Waals surface area (Å²) >= 11 is 0. The van der Waals surface area contributed by atoms with Gasteiger partial charge in [-0.1, -0.05) is 24.3 Å². The van der Waals surface area contributed by atoms with Crippen LogP contribution in [0.25, 0.3) is 17.0 Å². The van der Waals surface area contributed by atoms with Crippen LogP contribution in [0.3, 0.4) is 0 Å². The lowest BCUT2D eigenvalue weighted by Gasteiger charge is -2.15. The molecule has 1 N–H and O–H groups in total. The van der Waals surface area contributed by atoms with Gasteiger partial charge in [-0.15, -0.1) is 0 Å². The van der Waals surface area contributed by atoms with Gasteiger partial charge in [0.05, 0.1) is 0 Å². The summed E-state index contributed by atoms with van der Waals surface area (Å²) < 4.78 is 10.8. The molecule has 0 bridgehead atoms. The van der Waals surface area contributed by atoms with E-state index in [1.54, 1.807) is 12.1 Å². The van der Waals surface area contributed by atoms with Crippen LogP contribution in [0, 0.1) is 0 Å². The second-order valence-electron chi connectivity index (χ2n) is 7.36. The number of amides is 1. The number of carbonyl (C=O) groups excluding carboxylic acids is 1. The third kappa shape index (κ3) is 3.38. The minimum atomic E-state index is -0.201. The molecular weight excluding hydrogens is 368 g/mol. The minimum absolute atomic E-state index is 0.0826. The number of aromatic amines is 1. The van der Waals surface area contributed by atoms with Crippen molar-refractivity contribution in [1.82, 2.24) is 9.88 Å². The Labute approximate surface area is 167 Å². The number of pyridine rings is 1. The average molecular weight is 388 g/mol. The van der Waals surface area contributed by atoms with Crippen LogP contribution in [0.2, 0.25) is 0 Å². The number of ether oxygens (including phenoxy) is 2. The second-order valence-corrected chi connectivity index (χ2v) is 7.36. The van der Waals surface area contributed by atoms with Crippen LogP contribution in [-0.4, -0.2) is 35.7 Å². The Morgan fingerprint density at radius 3 is 2.90 bits per heavy atom. The second kappa shape index (κ2) is 7.13. The number of H-pyrrole nitrogens is 1. The maximum Gasteiger partial charge on any atom is 0.255 e. The molecule has 6 heteroatoms. The van der Waals surface area contributed by atoms with Crippen molar-refractivity contribution >= 4 is 22.9 Å². The van der Waals surface area contributed by atoms with Gasteiger partial charge in [0.1, 0.15) is 0 Å². The Balaban J connectivity index is 1.29. The first-order chi connectivity index (χ1) is 14.2. The summed E-state index contributed by atoms with van der Waals surface area (Å²) in [5.41, 5.74) is 2.21. The van der Waals surface area contributed by atoms with Crippen molar-refractivity contribution in [3.63, 3.8) is 0 Å². The van der Waals surface area contributed by atoms with Crippen molar-refractivity contribution in [2.45, 2.75) is 12.3 Å². The number of para-hydroxylation sites is 1. The predicted molar refractivity (Wildman–Crippen MR) is 110 cm³/mol. The van der Waals surface area contributed by atoms with E-state index in [1.165, 1.54) is 6.08 Å². The van der Waals surface area contributed by atoms with Gasteiger partial charge in [-0.2, -0.15) is 0 Å². The molecule has 2 aliphatic heterocycles. The summed E-state index contributed by atoms with van der Waals surface area (Å²) in [4.78, 5) is 29.6.